The molecule has 308 valence electrons. The van der Waals surface area contributed by atoms with Gasteiger partial charge in [-0.05, 0) is 46.2 Å². The van der Waals surface area contributed by atoms with Crippen molar-refractivity contribution in [3.63, 3.8) is 0 Å². The van der Waals surface area contributed by atoms with E-state index in [9.17, 15) is 29.7 Å². The third-order valence-electron chi connectivity index (χ3n) is 10.6. The van der Waals surface area contributed by atoms with E-state index in [0.29, 0.717) is 35.1 Å². The number of ether oxygens (including phenoxy) is 4. The molecule has 0 aromatic heterocycles. The minimum Gasteiger partial charge on any atom is -0.435 e. The van der Waals surface area contributed by atoms with Crippen LogP contribution < -0.4 is 16.4 Å². The Morgan fingerprint density at radius 2 is 1.10 bits per heavy atom. The molecule has 13 nitrogen and oxygen atoms in total. The van der Waals surface area contributed by atoms with Gasteiger partial charge < -0.3 is 50.6 Å². The molecule has 0 heterocycles. The van der Waals surface area contributed by atoms with Gasteiger partial charge in [-0.3, -0.25) is 14.4 Å². The number of nitrogens with one attached hydrogen (secondary N) is 2. The van der Waals surface area contributed by atoms with Crippen LogP contribution in [0.1, 0.15) is 66.2 Å². The van der Waals surface area contributed by atoms with Crippen LogP contribution in [0.15, 0.2) is 109 Å². The molecule has 2 amide bonds. The molecule has 0 saturated carbocycles. The lowest BCUT2D eigenvalue weighted by Crippen LogP contribution is -2.58. The van der Waals surface area contributed by atoms with E-state index in [-0.39, 0.29) is 19.1 Å². The first-order chi connectivity index (χ1) is 27.9. The van der Waals surface area contributed by atoms with Gasteiger partial charge in [0.1, 0.15) is 18.2 Å². The Kier molecular flexibility index (Phi) is 14.4. The maximum atomic E-state index is 14.6. The Bertz CT molecular complexity index is 1980. The summed E-state index contributed by atoms with van der Waals surface area (Å²) >= 11 is 0. The first-order valence-corrected chi connectivity index (χ1v) is 19.6. The van der Waals surface area contributed by atoms with Crippen LogP contribution in [0.25, 0.3) is 0 Å². The monoisotopic (exact) mass is 795 g/mol. The molecular formula is C45H53N3O10. The lowest BCUT2D eigenvalue weighted by molar-refractivity contribution is -0.229. The molecule has 0 bridgehead atoms. The fraction of sp³-hybridized carbons (Fsp3) is 0.400. The highest BCUT2D eigenvalue weighted by molar-refractivity contribution is 5.84. The predicted octanol–water partition coefficient (Wildman–Crippen LogP) is 3.32. The number of amides is 2. The van der Waals surface area contributed by atoms with E-state index in [1.54, 1.807) is 74.5 Å². The summed E-state index contributed by atoms with van der Waals surface area (Å²) < 4.78 is 24.4. The molecule has 1 unspecified atom stereocenters. The van der Waals surface area contributed by atoms with Gasteiger partial charge in [-0.1, -0.05) is 123 Å². The van der Waals surface area contributed by atoms with Gasteiger partial charge >= 0.3 is 5.97 Å². The molecule has 4 aromatic carbocycles. The van der Waals surface area contributed by atoms with Crippen LogP contribution >= 0.6 is 0 Å². The fourth-order valence-corrected chi connectivity index (χ4v) is 7.40. The maximum Gasteiger partial charge on any atom is 0.325 e. The minimum absolute atomic E-state index is 0.130. The molecule has 0 aliphatic heterocycles. The minimum atomic E-state index is -1.95. The van der Waals surface area contributed by atoms with Crippen molar-refractivity contribution in [1.82, 2.24) is 10.6 Å². The molecule has 13 heteroatoms. The average Bonchev–Trinajstić information content (AvgIpc) is 3.71. The smallest absolute Gasteiger partial charge is 0.325 e. The fourth-order valence-electron chi connectivity index (χ4n) is 7.40. The summed E-state index contributed by atoms with van der Waals surface area (Å²) in [5, 5.41) is 40.4. The topological polar surface area (TPSA) is 199 Å². The second-order valence-electron chi connectivity index (χ2n) is 15.2. The number of rotatable bonds is 18. The van der Waals surface area contributed by atoms with Crippen molar-refractivity contribution < 1.29 is 48.7 Å². The number of carbonyl (C=O) groups excluding carboxylic acids is 3. The Hall–Kier alpha value is -4.99. The number of carbonyl (C=O) groups is 3. The molecule has 10 atom stereocenters. The molecule has 0 fully saturated rings. The van der Waals surface area contributed by atoms with Crippen molar-refractivity contribution in [1.29, 1.82) is 0 Å². The van der Waals surface area contributed by atoms with E-state index in [1.807, 2.05) is 48.5 Å². The Balaban J connectivity index is 1.37. The summed E-state index contributed by atoms with van der Waals surface area (Å²) in [6.07, 6.45) is -9.82. The number of aliphatic hydroxyl groups is 3. The highest BCUT2D eigenvalue weighted by atomic mass is 16.7. The number of hydrogen-bond acceptors (Lipinski definition) is 11. The number of hydrogen-bond donors (Lipinski definition) is 6. The lowest BCUT2D eigenvalue weighted by Gasteiger charge is -2.36. The number of esters is 1. The first kappa shape index (κ1) is 42.6. The van der Waals surface area contributed by atoms with E-state index in [2.05, 4.69) is 10.6 Å². The first-order valence-electron chi connectivity index (χ1n) is 19.6. The summed E-state index contributed by atoms with van der Waals surface area (Å²) in [7, 11) is 0. The van der Waals surface area contributed by atoms with Crippen LogP contribution in [-0.4, -0.2) is 82.1 Å². The zero-order valence-corrected chi connectivity index (χ0v) is 32.8. The standard InChI is InChI=1S/C45H53N3O10/c1-26(2)36(46)45(54)58-27(3)57-40(42(56-25-29-16-8-5-9-17-29)44(53)48-38-33-21-13-11-19-31(33)23-35(38)50)39(51)41(55-24-28-14-6-4-7-15-28)43(52)47-37-32-20-12-10-18-30(32)22-34(37)49/h4-21,26-27,34-42,49-51H,22-25,46H2,1-3H3,(H,47,52)(H,48,53)/t27?,34-,35-,36+,37+,38+,39-,40-,41-,42-/m1/s1. The van der Waals surface area contributed by atoms with Crippen molar-refractivity contribution in [2.45, 2.75) is 108 Å². The summed E-state index contributed by atoms with van der Waals surface area (Å²) in [5.74, 6) is -2.63. The van der Waals surface area contributed by atoms with Crippen LogP contribution in [0, 0.1) is 5.92 Å². The summed E-state index contributed by atoms with van der Waals surface area (Å²) in [4.78, 5) is 42.1. The quantitative estimate of drug-likeness (QED) is 0.0638. The maximum absolute atomic E-state index is 14.6. The molecule has 4 aromatic rings. The lowest BCUT2D eigenvalue weighted by atomic mass is 9.99. The third-order valence-corrected chi connectivity index (χ3v) is 10.6. The zero-order chi connectivity index (χ0) is 41.3. The van der Waals surface area contributed by atoms with Gasteiger partial charge in [0.25, 0.3) is 11.8 Å². The van der Waals surface area contributed by atoms with Crippen LogP contribution in [0.3, 0.4) is 0 Å². The van der Waals surface area contributed by atoms with Crippen molar-refractivity contribution in [2.24, 2.45) is 11.7 Å². The van der Waals surface area contributed by atoms with Gasteiger partial charge in [-0.15, -0.1) is 0 Å². The molecule has 0 spiro atoms. The van der Waals surface area contributed by atoms with E-state index >= 15 is 0 Å². The van der Waals surface area contributed by atoms with E-state index < -0.39 is 78.8 Å². The molecule has 2 aliphatic rings. The molecule has 6 rings (SSSR count). The van der Waals surface area contributed by atoms with Crippen molar-refractivity contribution in [2.75, 3.05) is 0 Å². The van der Waals surface area contributed by atoms with Crippen LogP contribution in [0.4, 0.5) is 0 Å². The SMILES string of the molecule is CC(OC(=O)[C@@H](N)C(C)C)O[C@H]([C@@H](O)[C@@H](OCc1ccccc1)C(=O)N[C@H]1c2ccccc2C[C@H]1O)[C@@H](OCc1ccccc1)C(=O)N[C@H]1c2ccccc2C[C@H]1O. The number of fused-ring (bicyclic) bond motifs is 2. The van der Waals surface area contributed by atoms with Crippen LogP contribution in [-0.2, 0) is 59.4 Å². The van der Waals surface area contributed by atoms with Crippen molar-refractivity contribution in [3.8, 4) is 0 Å². The van der Waals surface area contributed by atoms with Gasteiger partial charge in [0.2, 0.25) is 6.29 Å². The van der Waals surface area contributed by atoms with E-state index in [1.165, 1.54) is 6.92 Å². The van der Waals surface area contributed by atoms with Crippen molar-refractivity contribution >= 4 is 17.8 Å². The molecule has 0 saturated heterocycles. The molecular weight excluding hydrogens is 743 g/mol. The average molecular weight is 796 g/mol. The summed E-state index contributed by atoms with van der Waals surface area (Å²) in [5.41, 5.74) is 10.6. The predicted molar refractivity (Wildman–Crippen MR) is 213 cm³/mol. The third kappa shape index (κ3) is 10.4. The highest BCUT2D eigenvalue weighted by Gasteiger charge is 2.46. The Morgan fingerprint density at radius 1 is 0.672 bits per heavy atom. The second-order valence-corrected chi connectivity index (χ2v) is 15.2. The second kappa shape index (κ2) is 19.6. The molecule has 2 aliphatic carbocycles. The molecule has 58 heavy (non-hydrogen) atoms. The van der Waals surface area contributed by atoms with Gasteiger partial charge in [-0.2, -0.15) is 0 Å². The van der Waals surface area contributed by atoms with Gasteiger partial charge in [0.05, 0.1) is 37.5 Å². The van der Waals surface area contributed by atoms with Crippen molar-refractivity contribution in [3.05, 3.63) is 143 Å². The number of aliphatic hydroxyl groups excluding tert-OH is 3. The van der Waals surface area contributed by atoms with Crippen LogP contribution in [0.5, 0.6) is 0 Å². The largest absolute Gasteiger partial charge is 0.435 e. The number of benzene rings is 4. The van der Waals surface area contributed by atoms with Gasteiger partial charge in [0, 0.05) is 12.8 Å². The molecule has 7 N–H and O–H groups in total. The molecule has 0 radical (unpaired) electrons. The summed E-state index contributed by atoms with van der Waals surface area (Å²) in [6.45, 7) is 4.65. The highest BCUT2D eigenvalue weighted by Crippen LogP contribution is 2.33. The van der Waals surface area contributed by atoms with Gasteiger partial charge in [0.15, 0.2) is 12.2 Å². The van der Waals surface area contributed by atoms with Gasteiger partial charge in [-0.25, -0.2) is 0 Å². The van der Waals surface area contributed by atoms with E-state index in [4.69, 9.17) is 24.7 Å². The van der Waals surface area contributed by atoms with Crippen LogP contribution in [0.2, 0.25) is 0 Å². The Labute approximate surface area is 338 Å². The summed E-state index contributed by atoms with van der Waals surface area (Å²) in [6, 6.07) is 30.0. The zero-order valence-electron chi connectivity index (χ0n) is 32.8. The van der Waals surface area contributed by atoms with E-state index in [0.717, 1.165) is 11.1 Å². The number of nitrogens with two attached hydrogens (primary N) is 1. The Morgan fingerprint density at radius 3 is 1.59 bits per heavy atom. The normalized spacial score (nSPS) is 21.5.